The van der Waals surface area contributed by atoms with E-state index in [-0.39, 0.29) is 10.9 Å². The molecule has 1 aromatic carbocycles. The molecule has 1 aliphatic rings. The highest BCUT2D eigenvalue weighted by molar-refractivity contribution is 7.89. The number of benzene rings is 1. The molecule has 1 saturated heterocycles. The average molecular weight is 264 g/mol. The minimum absolute atomic E-state index is 0.0366. The summed E-state index contributed by atoms with van der Waals surface area (Å²) < 4.78 is 26.5. The number of hydrogen-bond acceptors (Lipinski definition) is 3. The van der Waals surface area contributed by atoms with Crippen molar-refractivity contribution in [2.75, 3.05) is 6.54 Å². The number of nitrogens with zero attached hydrogens (tertiary/aromatic N) is 2. The van der Waals surface area contributed by atoms with E-state index in [0.717, 1.165) is 19.3 Å². The summed E-state index contributed by atoms with van der Waals surface area (Å²) >= 11 is 0. The lowest BCUT2D eigenvalue weighted by Crippen LogP contribution is -2.41. The second-order valence-corrected chi connectivity index (χ2v) is 6.49. The molecular weight excluding hydrogens is 248 g/mol. The fourth-order valence-corrected chi connectivity index (χ4v) is 4.04. The predicted octanol–water partition coefficient (Wildman–Crippen LogP) is 2.12. The molecule has 0 N–H and O–H groups in total. The molecule has 0 radical (unpaired) electrons. The normalized spacial score (nSPS) is 21.4. The molecule has 1 aromatic rings. The lowest BCUT2D eigenvalue weighted by Gasteiger charge is -2.32. The summed E-state index contributed by atoms with van der Waals surface area (Å²) in [6.07, 6.45) is 2.88. The van der Waals surface area contributed by atoms with E-state index in [1.165, 1.54) is 6.07 Å². The number of hydrogen-bond donors (Lipinski definition) is 0. The summed E-state index contributed by atoms with van der Waals surface area (Å²) in [6.45, 7) is 2.51. The van der Waals surface area contributed by atoms with Gasteiger partial charge in [-0.1, -0.05) is 12.5 Å². The average Bonchev–Trinajstić information content (AvgIpc) is 2.39. The fourth-order valence-electron chi connectivity index (χ4n) is 2.29. The molecular formula is C13H16N2O2S. The van der Waals surface area contributed by atoms with Gasteiger partial charge in [0.05, 0.1) is 16.5 Å². The van der Waals surface area contributed by atoms with Crippen LogP contribution < -0.4 is 0 Å². The third-order valence-corrected chi connectivity index (χ3v) is 5.32. The van der Waals surface area contributed by atoms with Crippen LogP contribution >= 0.6 is 0 Å². The largest absolute Gasteiger partial charge is 0.243 e. The molecule has 4 nitrogen and oxygen atoms in total. The zero-order chi connectivity index (χ0) is 13.2. The van der Waals surface area contributed by atoms with Crippen LogP contribution in [0.4, 0.5) is 0 Å². The van der Waals surface area contributed by atoms with Gasteiger partial charge in [-0.25, -0.2) is 8.42 Å². The topological polar surface area (TPSA) is 61.2 Å². The number of sulfonamides is 1. The molecule has 1 aliphatic heterocycles. The zero-order valence-corrected chi connectivity index (χ0v) is 11.2. The lowest BCUT2D eigenvalue weighted by molar-refractivity contribution is 0.268. The standard InChI is InChI=1S/C13H16N2O2S/c1-11-5-2-3-8-15(11)18(16,17)13-7-4-6-12(9-13)10-14/h4,6-7,9,11H,2-3,5,8H2,1H3. The molecule has 5 heteroatoms. The first-order chi connectivity index (χ1) is 8.55. The zero-order valence-electron chi connectivity index (χ0n) is 10.3. The van der Waals surface area contributed by atoms with Crippen molar-refractivity contribution in [2.45, 2.75) is 37.1 Å². The molecule has 0 saturated carbocycles. The highest BCUT2D eigenvalue weighted by atomic mass is 32.2. The highest BCUT2D eigenvalue weighted by Crippen LogP contribution is 2.25. The van der Waals surface area contributed by atoms with Crippen molar-refractivity contribution in [3.63, 3.8) is 0 Å². The minimum Gasteiger partial charge on any atom is -0.207 e. The van der Waals surface area contributed by atoms with Crippen molar-refractivity contribution in [1.29, 1.82) is 5.26 Å². The molecule has 0 aliphatic carbocycles. The van der Waals surface area contributed by atoms with Gasteiger partial charge in [-0.05, 0) is 38.0 Å². The van der Waals surface area contributed by atoms with E-state index in [2.05, 4.69) is 0 Å². The molecule has 1 heterocycles. The van der Waals surface area contributed by atoms with Crippen molar-refractivity contribution in [2.24, 2.45) is 0 Å². The van der Waals surface area contributed by atoms with Gasteiger partial charge in [0.2, 0.25) is 10.0 Å². The first-order valence-corrected chi connectivity index (χ1v) is 7.52. The first-order valence-electron chi connectivity index (χ1n) is 6.08. The van der Waals surface area contributed by atoms with E-state index in [4.69, 9.17) is 5.26 Å². The van der Waals surface area contributed by atoms with E-state index in [9.17, 15) is 8.42 Å². The highest BCUT2D eigenvalue weighted by Gasteiger charge is 2.30. The first kappa shape index (κ1) is 13.1. The quantitative estimate of drug-likeness (QED) is 0.822. The van der Waals surface area contributed by atoms with Gasteiger partial charge in [0.15, 0.2) is 0 Å². The van der Waals surface area contributed by atoms with Gasteiger partial charge < -0.3 is 0 Å². The maximum absolute atomic E-state index is 12.5. The SMILES string of the molecule is CC1CCCCN1S(=O)(=O)c1cccc(C#N)c1. The molecule has 18 heavy (non-hydrogen) atoms. The molecule has 2 rings (SSSR count). The predicted molar refractivity (Wildman–Crippen MR) is 68.4 cm³/mol. The maximum atomic E-state index is 12.5. The summed E-state index contributed by atoms with van der Waals surface area (Å²) in [6, 6.07) is 8.22. The van der Waals surface area contributed by atoms with E-state index < -0.39 is 10.0 Å². The Morgan fingerprint density at radius 3 is 2.83 bits per heavy atom. The van der Waals surface area contributed by atoms with Gasteiger partial charge in [-0.2, -0.15) is 9.57 Å². The lowest BCUT2D eigenvalue weighted by atomic mass is 10.1. The number of rotatable bonds is 2. The van der Waals surface area contributed by atoms with Crippen molar-refractivity contribution in [3.8, 4) is 6.07 Å². The molecule has 1 fully saturated rings. The minimum atomic E-state index is -3.46. The smallest absolute Gasteiger partial charge is 0.207 e. The second-order valence-electron chi connectivity index (χ2n) is 4.60. The summed E-state index contributed by atoms with van der Waals surface area (Å²) in [7, 11) is -3.46. The van der Waals surface area contributed by atoms with Gasteiger partial charge in [0.1, 0.15) is 0 Å². The van der Waals surface area contributed by atoms with Crippen LogP contribution in [-0.2, 0) is 10.0 Å². The van der Waals surface area contributed by atoms with E-state index in [0.29, 0.717) is 12.1 Å². The summed E-state index contributed by atoms with van der Waals surface area (Å²) in [5.41, 5.74) is 0.376. The van der Waals surface area contributed by atoms with Crippen LogP contribution in [0.2, 0.25) is 0 Å². The molecule has 1 unspecified atom stereocenters. The molecule has 1 atom stereocenters. The Bertz CT molecular complexity index is 575. The Balaban J connectivity index is 2.38. The van der Waals surface area contributed by atoms with Crippen LogP contribution in [0.5, 0.6) is 0 Å². The van der Waals surface area contributed by atoms with Gasteiger partial charge in [0, 0.05) is 12.6 Å². The van der Waals surface area contributed by atoms with E-state index in [1.807, 2.05) is 13.0 Å². The Hall–Kier alpha value is -1.38. The van der Waals surface area contributed by atoms with Crippen LogP contribution in [0.25, 0.3) is 0 Å². The molecule has 0 aromatic heterocycles. The third-order valence-electron chi connectivity index (χ3n) is 3.31. The van der Waals surface area contributed by atoms with Gasteiger partial charge in [-0.15, -0.1) is 0 Å². The Labute approximate surface area is 108 Å². The van der Waals surface area contributed by atoms with Crippen LogP contribution in [-0.4, -0.2) is 25.3 Å². The molecule has 0 amide bonds. The second kappa shape index (κ2) is 5.09. The van der Waals surface area contributed by atoms with Gasteiger partial charge in [-0.3, -0.25) is 0 Å². The van der Waals surface area contributed by atoms with E-state index >= 15 is 0 Å². The number of piperidine rings is 1. The van der Waals surface area contributed by atoms with Crippen molar-refractivity contribution in [1.82, 2.24) is 4.31 Å². The van der Waals surface area contributed by atoms with Crippen molar-refractivity contribution in [3.05, 3.63) is 29.8 Å². The monoisotopic (exact) mass is 264 g/mol. The molecule has 96 valence electrons. The van der Waals surface area contributed by atoms with Gasteiger partial charge in [0.25, 0.3) is 0 Å². The summed E-state index contributed by atoms with van der Waals surface area (Å²) in [5.74, 6) is 0. The summed E-state index contributed by atoms with van der Waals surface area (Å²) in [4.78, 5) is 0.218. The Morgan fingerprint density at radius 2 is 2.17 bits per heavy atom. The summed E-state index contributed by atoms with van der Waals surface area (Å²) in [5, 5.41) is 8.83. The van der Waals surface area contributed by atoms with Crippen molar-refractivity contribution >= 4 is 10.0 Å². The molecule has 0 bridgehead atoms. The Morgan fingerprint density at radius 1 is 1.39 bits per heavy atom. The fraction of sp³-hybridized carbons (Fsp3) is 0.462. The van der Waals surface area contributed by atoms with E-state index in [1.54, 1.807) is 22.5 Å². The van der Waals surface area contributed by atoms with Crippen LogP contribution in [0, 0.1) is 11.3 Å². The van der Waals surface area contributed by atoms with Crippen LogP contribution in [0.1, 0.15) is 31.7 Å². The molecule has 0 spiro atoms. The number of nitriles is 1. The van der Waals surface area contributed by atoms with Crippen LogP contribution in [0.3, 0.4) is 0 Å². The maximum Gasteiger partial charge on any atom is 0.243 e. The Kier molecular flexibility index (Phi) is 3.69. The van der Waals surface area contributed by atoms with Gasteiger partial charge >= 0.3 is 0 Å². The third kappa shape index (κ3) is 2.40. The van der Waals surface area contributed by atoms with Crippen molar-refractivity contribution < 1.29 is 8.42 Å². The van der Waals surface area contributed by atoms with Crippen LogP contribution in [0.15, 0.2) is 29.2 Å².